The first-order valence-corrected chi connectivity index (χ1v) is 7.00. The number of rotatable bonds is 0. The largest absolute Gasteiger partial charge is 0.388 e. The highest BCUT2D eigenvalue weighted by atomic mass is 16.3. The molecule has 1 fully saturated rings. The number of nitrogens with zero attached hydrogens (tertiary/aromatic N) is 1. The summed E-state index contributed by atoms with van der Waals surface area (Å²) in [5.41, 5.74) is 2.75. The third-order valence-corrected chi connectivity index (χ3v) is 5.48. The fourth-order valence-electron chi connectivity index (χ4n) is 3.99. The van der Waals surface area contributed by atoms with Gasteiger partial charge in [0, 0.05) is 12.5 Å². The lowest BCUT2D eigenvalue weighted by Gasteiger charge is -2.46. The van der Waals surface area contributed by atoms with E-state index in [0.29, 0.717) is 11.8 Å². The maximum absolute atomic E-state index is 10.7. The second-order valence-corrected chi connectivity index (χ2v) is 6.41. The monoisotopic (exact) mass is 245 g/mol. The Bertz CT molecular complexity index is 458. The van der Waals surface area contributed by atoms with Crippen LogP contribution >= 0.6 is 0 Å². The lowest BCUT2D eigenvalue weighted by molar-refractivity contribution is 0.0293. The molecule has 2 bridgehead atoms. The minimum atomic E-state index is -0.301. The van der Waals surface area contributed by atoms with Crippen molar-refractivity contribution >= 4 is 0 Å². The van der Waals surface area contributed by atoms with Gasteiger partial charge in [-0.1, -0.05) is 38.1 Å². The zero-order chi connectivity index (χ0) is 12.9. The molecule has 1 aliphatic heterocycles. The van der Waals surface area contributed by atoms with Gasteiger partial charge in [-0.15, -0.1) is 0 Å². The number of hydrogen-bond donors (Lipinski definition) is 1. The highest BCUT2D eigenvalue weighted by Crippen LogP contribution is 2.51. The van der Waals surface area contributed by atoms with Gasteiger partial charge in [0.15, 0.2) is 0 Å². The van der Waals surface area contributed by atoms with Gasteiger partial charge in [-0.3, -0.25) is 0 Å². The summed E-state index contributed by atoms with van der Waals surface area (Å²) in [6.07, 6.45) is 0.884. The van der Waals surface area contributed by atoms with Crippen molar-refractivity contribution in [3.05, 3.63) is 35.4 Å². The molecule has 1 heterocycles. The molecule has 1 aliphatic carbocycles. The molecule has 0 radical (unpaired) electrons. The van der Waals surface area contributed by atoms with Crippen LogP contribution in [0.2, 0.25) is 0 Å². The van der Waals surface area contributed by atoms with E-state index < -0.39 is 0 Å². The van der Waals surface area contributed by atoms with Crippen LogP contribution in [0.25, 0.3) is 0 Å². The molecule has 0 spiro atoms. The van der Waals surface area contributed by atoms with Gasteiger partial charge in [0.2, 0.25) is 0 Å². The summed E-state index contributed by atoms with van der Waals surface area (Å²) >= 11 is 0. The van der Waals surface area contributed by atoms with E-state index in [9.17, 15) is 5.11 Å². The molecule has 4 atom stereocenters. The fourth-order valence-corrected chi connectivity index (χ4v) is 3.99. The molecule has 2 nitrogen and oxygen atoms in total. The summed E-state index contributed by atoms with van der Waals surface area (Å²) in [4.78, 5) is 2.38. The number of hydrogen-bond acceptors (Lipinski definition) is 2. The smallest absolute Gasteiger partial charge is 0.0836 e. The van der Waals surface area contributed by atoms with Gasteiger partial charge >= 0.3 is 0 Å². The third kappa shape index (κ3) is 1.55. The van der Waals surface area contributed by atoms with E-state index in [2.05, 4.69) is 50.1 Å². The number of benzene rings is 1. The highest BCUT2D eigenvalue weighted by molar-refractivity contribution is 5.40. The molecule has 0 aromatic heterocycles. The summed E-state index contributed by atoms with van der Waals surface area (Å²) in [7, 11) is 2.17. The quantitative estimate of drug-likeness (QED) is 0.759. The number of fused-ring (bicyclic) bond motifs is 4. The van der Waals surface area contributed by atoms with Crippen molar-refractivity contribution in [3.8, 4) is 0 Å². The summed E-state index contributed by atoms with van der Waals surface area (Å²) in [6.45, 7) is 6.84. The molecule has 18 heavy (non-hydrogen) atoms. The van der Waals surface area contributed by atoms with Crippen LogP contribution in [0.1, 0.15) is 37.5 Å². The molecular weight excluding hydrogens is 222 g/mol. The van der Waals surface area contributed by atoms with Crippen molar-refractivity contribution in [3.63, 3.8) is 0 Å². The van der Waals surface area contributed by atoms with E-state index >= 15 is 0 Å². The van der Waals surface area contributed by atoms with E-state index in [1.165, 1.54) is 17.5 Å². The molecule has 2 aliphatic rings. The first kappa shape index (κ1) is 12.2. The van der Waals surface area contributed by atoms with Crippen LogP contribution in [0, 0.1) is 11.8 Å². The Kier molecular flexibility index (Phi) is 2.76. The maximum atomic E-state index is 10.7. The van der Waals surface area contributed by atoms with Crippen molar-refractivity contribution < 1.29 is 5.11 Å². The van der Waals surface area contributed by atoms with Gasteiger partial charge in [0.1, 0.15) is 0 Å². The lowest BCUT2D eigenvalue weighted by atomic mass is 9.59. The van der Waals surface area contributed by atoms with Crippen molar-refractivity contribution in [2.45, 2.75) is 31.8 Å². The summed E-state index contributed by atoms with van der Waals surface area (Å²) in [5, 5.41) is 10.7. The van der Waals surface area contributed by atoms with Crippen molar-refractivity contribution in [1.82, 2.24) is 4.90 Å². The molecule has 1 saturated heterocycles. The Balaban J connectivity index is 2.18. The molecule has 2 heteroatoms. The average Bonchev–Trinajstić information content (AvgIpc) is 2.47. The van der Waals surface area contributed by atoms with E-state index in [4.69, 9.17) is 0 Å². The summed E-state index contributed by atoms with van der Waals surface area (Å²) in [6, 6.07) is 8.49. The maximum Gasteiger partial charge on any atom is 0.0836 e. The van der Waals surface area contributed by atoms with E-state index in [-0.39, 0.29) is 11.5 Å². The first-order valence-electron chi connectivity index (χ1n) is 7.00. The van der Waals surface area contributed by atoms with Crippen LogP contribution < -0.4 is 0 Å². The van der Waals surface area contributed by atoms with Crippen molar-refractivity contribution in [1.29, 1.82) is 0 Å². The number of aliphatic hydroxyl groups excluding tert-OH is 1. The lowest BCUT2D eigenvalue weighted by Crippen LogP contribution is -2.43. The van der Waals surface area contributed by atoms with Crippen LogP contribution in [0.4, 0.5) is 0 Å². The van der Waals surface area contributed by atoms with E-state index in [0.717, 1.165) is 13.1 Å². The topological polar surface area (TPSA) is 23.5 Å². The molecule has 3 unspecified atom stereocenters. The normalized spacial score (nSPS) is 40.1. The zero-order valence-electron chi connectivity index (χ0n) is 11.6. The Morgan fingerprint density at radius 3 is 2.83 bits per heavy atom. The van der Waals surface area contributed by atoms with Gasteiger partial charge in [0.25, 0.3) is 0 Å². The van der Waals surface area contributed by atoms with Crippen LogP contribution in [-0.2, 0) is 5.41 Å². The van der Waals surface area contributed by atoms with Crippen molar-refractivity contribution in [2.75, 3.05) is 20.1 Å². The fraction of sp³-hybridized carbons (Fsp3) is 0.625. The minimum Gasteiger partial charge on any atom is -0.388 e. The summed E-state index contributed by atoms with van der Waals surface area (Å²) in [5.74, 6) is 0.893. The Morgan fingerprint density at radius 2 is 2.06 bits per heavy atom. The first-order chi connectivity index (χ1) is 8.54. The Labute approximate surface area is 110 Å². The van der Waals surface area contributed by atoms with E-state index in [1.54, 1.807) is 0 Å². The van der Waals surface area contributed by atoms with Gasteiger partial charge in [0.05, 0.1) is 6.10 Å². The van der Waals surface area contributed by atoms with Crippen LogP contribution in [0.5, 0.6) is 0 Å². The van der Waals surface area contributed by atoms with Crippen LogP contribution in [0.3, 0.4) is 0 Å². The minimum absolute atomic E-state index is 0.214. The Hall–Kier alpha value is -0.860. The number of likely N-dealkylation sites (tertiary alicyclic amines) is 1. The van der Waals surface area contributed by atoms with Gasteiger partial charge in [-0.2, -0.15) is 0 Å². The van der Waals surface area contributed by atoms with Gasteiger partial charge in [-0.25, -0.2) is 0 Å². The van der Waals surface area contributed by atoms with Crippen LogP contribution in [-0.4, -0.2) is 30.1 Å². The summed E-state index contributed by atoms with van der Waals surface area (Å²) < 4.78 is 0. The second-order valence-electron chi connectivity index (χ2n) is 6.41. The molecule has 1 aromatic rings. The molecule has 98 valence electrons. The highest BCUT2D eigenvalue weighted by Gasteiger charge is 2.48. The van der Waals surface area contributed by atoms with Crippen molar-refractivity contribution in [2.24, 2.45) is 11.8 Å². The standard InChI is InChI=1S/C16H23NO/c1-11-13-10-17(3)9-8-16(11,2)14-7-5-4-6-12(14)15(13)18/h4-7,11,13,15,18H,8-10H2,1-3H3/t11?,13?,15-,16?/m1/s1. The second kappa shape index (κ2) is 4.07. The molecule has 0 amide bonds. The molecule has 3 rings (SSSR count). The van der Waals surface area contributed by atoms with Crippen LogP contribution in [0.15, 0.2) is 24.3 Å². The molecule has 0 saturated carbocycles. The number of aliphatic hydroxyl groups is 1. The van der Waals surface area contributed by atoms with E-state index in [1.807, 2.05) is 0 Å². The Morgan fingerprint density at radius 1 is 1.33 bits per heavy atom. The predicted molar refractivity (Wildman–Crippen MR) is 73.5 cm³/mol. The molecule has 1 aromatic carbocycles. The SMILES string of the molecule is CC1C2CN(C)CCC1(C)c1ccccc1[C@H]2O. The van der Waals surface area contributed by atoms with Gasteiger partial charge < -0.3 is 10.0 Å². The van der Waals surface area contributed by atoms with Gasteiger partial charge in [-0.05, 0) is 42.5 Å². The third-order valence-electron chi connectivity index (χ3n) is 5.48. The predicted octanol–water partition coefficient (Wildman–Crippen LogP) is 2.58. The molecular formula is C16H23NO. The zero-order valence-corrected chi connectivity index (χ0v) is 11.6. The molecule has 1 N–H and O–H groups in total. The average molecular weight is 245 g/mol.